The quantitative estimate of drug-likeness (QED) is 0.198. The van der Waals surface area contributed by atoms with Crippen molar-refractivity contribution in [1.82, 2.24) is 4.67 Å². The highest BCUT2D eigenvalue weighted by atomic mass is 14.7. The second-order valence-electron chi connectivity index (χ2n) is 0.447. The van der Waals surface area contributed by atoms with Gasteiger partial charge in [0.15, 0.2) is 0 Å². The summed E-state index contributed by atoms with van der Waals surface area (Å²) in [7, 11) is 0. The topological polar surface area (TPSA) is 66.1 Å². The van der Waals surface area contributed by atoms with E-state index in [1.165, 1.54) is 0 Å². The Morgan fingerprint density at radius 1 is 1.20 bits per heavy atom. The summed E-state index contributed by atoms with van der Waals surface area (Å²) in [6.07, 6.45) is 2.25. The van der Waals surface area contributed by atoms with E-state index in [1.807, 2.05) is 0 Å². The molecule has 4 N–H and O–H groups in total. The molecule has 0 aliphatic carbocycles. The van der Waals surface area contributed by atoms with Crippen molar-refractivity contribution in [1.29, 1.82) is 0 Å². The molecule has 5 heavy (non-hydrogen) atoms. The zero-order valence-corrected chi connectivity index (χ0v) is 2.76. The molecular weight excluding hydrogens is 66.0 g/mol. The third kappa shape index (κ3) is 3.05. The maximum atomic E-state index is 4.74. The molecule has 0 aromatic heterocycles. The molecule has 0 saturated carbocycles. The van der Waals surface area contributed by atoms with Crippen molar-refractivity contribution in [2.24, 2.45) is 11.5 Å². The van der Waals surface area contributed by atoms with Crippen LogP contribution in [0.1, 0.15) is 0 Å². The van der Waals surface area contributed by atoms with Crippen LogP contribution in [0.2, 0.25) is 0 Å². The fourth-order valence-corrected chi connectivity index (χ4v) is 0.0497. The van der Waals surface area contributed by atoms with Crippen molar-refractivity contribution >= 4 is 12.7 Å². The highest BCUT2D eigenvalue weighted by Crippen LogP contribution is 0.940. The van der Waals surface area contributed by atoms with Gasteiger partial charge in [0.05, 0.1) is 0 Å². The van der Waals surface area contributed by atoms with E-state index >= 15 is 0 Å². The van der Waals surface area contributed by atoms with E-state index in [0.717, 1.165) is 12.7 Å². The summed E-state index contributed by atoms with van der Waals surface area (Å²) in [5, 5.41) is 0. The number of rotatable bonds is 0. The summed E-state index contributed by atoms with van der Waals surface area (Å²) in [6.45, 7) is 0. The monoisotopic (exact) mass is 72.1 g/mol. The van der Waals surface area contributed by atoms with Crippen LogP contribution < -0.4 is 16.1 Å². The van der Waals surface area contributed by atoms with Crippen molar-refractivity contribution in [3.8, 4) is 0 Å². The van der Waals surface area contributed by atoms with Gasteiger partial charge in [0, 0.05) is 0 Å². The summed E-state index contributed by atoms with van der Waals surface area (Å²) in [5.41, 5.74) is 9.47. The zero-order valence-electron chi connectivity index (χ0n) is 2.76. The number of nitrogens with zero attached hydrogens (tertiary/aromatic N) is 1. The molecule has 0 atom stereocenters. The molecule has 3 nitrogen and oxygen atoms in total. The third-order valence-corrected chi connectivity index (χ3v) is 0.172. The Morgan fingerprint density at radius 2 is 1.60 bits per heavy atom. The van der Waals surface area contributed by atoms with E-state index in [-0.39, 0.29) is 0 Å². The summed E-state index contributed by atoms with van der Waals surface area (Å²) < 4.78 is 3.28. The maximum absolute atomic E-state index is 4.74. The SMILES string of the molecule is NC=[N+]=CN. The van der Waals surface area contributed by atoms with E-state index in [2.05, 4.69) is 4.67 Å². The van der Waals surface area contributed by atoms with Crippen LogP contribution in [0.15, 0.2) is 0 Å². The molecule has 0 fully saturated rings. The molecule has 0 aliphatic rings. The second-order valence-corrected chi connectivity index (χ2v) is 0.447. The molecule has 0 aromatic rings. The predicted molar refractivity (Wildman–Crippen MR) is 22.6 cm³/mol. The molecular formula is C2H6N3+. The van der Waals surface area contributed by atoms with Gasteiger partial charge in [-0.3, -0.25) is 0 Å². The highest BCUT2D eigenvalue weighted by molar-refractivity contribution is 5.60. The Bertz CT molecular complexity index is 53.3. The summed E-state index contributed by atoms with van der Waals surface area (Å²) >= 11 is 0. The lowest BCUT2D eigenvalue weighted by Crippen LogP contribution is -1.98. The Hall–Kier alpha value is -0.950. The van der Waals surface area contributed by atoms with Gasteiger partial charge in [-0.2, -0.15) is 0 Å². The van der Waals surface area contributed by atoms with Crippen LogP contribution in [0.25, 0.3) is 0 Å². The molecule has 0 radical (unpaired) electrons. The van der Waals surface area contributed by atoms with Gasteiger partial charge in [-0.15, -0.1) is 0 Å². The van der Waals surface area contributed by atoms with E-state index in [9.17, 15) is 0 Å². The van der Waals surface area contributed by atoms with Gasteiger partial charge in [-0.1, -0.05) is 0 Å². The van der Waals surface area contributed by atoms with Crippen LogP contribution in [0.4, 0.5) is 0 Å². The predicted octanol–water partition coefficient (Wildman–Crippen LogP) is -1.97. The van der Waals surface area contributed by atoms with Gasteiger partial charge in [-0.25, -0.2) is 4.67 Å². The van der Waals surface area contributed by atoms with Gasteiger partial charge < -0.3 is 11.5 Å². The number of hydrogen-bond donors (Lipinski definition) is 2. The fraction of sp³-hybridized carbons (Fsp3) is 0. The van der Waals surface area contributed by atoms with Crippen molar-refractivity contribution in [3.05, 3.63) is 0 Å². The molecule has 0 saturated heterocycles. The lowest BCUT2D eigenvalue weighted by Gasteiger charge is -1.45. The van der Waals surface area contributed by atoms with Gasteiger partial charge in [0.1, 0.15) is 0 Å². The molecule has 0 bridgehead atoms. The first-order valence-corrected chi connectivity index (χ1v) is 1.18. The second kappa shape index (κ2) is 3.05. The van der Waals surface area contributed by atoms with Crippen molar-refractivity contribution in [3.63, 3.8) is 0 Å². The normalized spacial score (nSPS) is 4.80. The average molecular weight is 72.1 g/mol. The van der Waals surface area contributed by atoms with Gasteiger partial charge >= 0.3 is 0 Å². The van der Waals surface area contributed by atoms with Crippen LogP contribution in [0, 0.1) is 0 Å². The maximum Gasteiger partial charge on any atom is 0.269 e. The Balaban J connectivity index is 3.26. The first-order valence-electron chi connectivity index (χ1n) is 1.18. The number of hydrogen-bond acceptors (Lipinski definition) is 0. The van der Waals surface area contributed by atoms with Gasteiger partial charge in [-0.05, 0) is 0 Å². The van der Waals surface area contributed by atoms with Crippen LogP contribution in [-0.4, -0.2) is 12.7 Å². The smallest absolute Gasteiger partial charge is 0.269 e. The van der Waals surface area contributed by atoms with Crippen LogP contribution in [0.3, 0.4) is 0 Å². The molecule has 0 amide bonds. The van der Waals surface area contributed by atoms with Gasteiger partial charge in [0.25, 0.3) is 12.7 Å². The van der Waals surface area contributed by atoms with Crippen molar-refractivity contribution in [2.45, 2.75) is 0 Å². The zero-order chi connectivity index (χ0) is 4.12. The number of nitrogens with two attached hydrogens (primary N) is 2. The first kappa shape index (κ1) is 4.05. The summed E-state index contributed by atoms with van der Waals surface area (Å²) in [6, 6.07) is 0. The molecule has 0 heterocycles. The lowest BCUT2D eigenvalue weighted by molar-refractivity contribution is 1.60. The molecule has 0 rings (SSSR count). The summed E-state index contributed by atoms with van der Waals surface area (Å²) in [5.74, 6) is 0. The fourth-order valence-electron chi connectivity index (χ4n) is 0.0497. The lowest BCUT2D eigenvalue weighted by atomic mass is 11.3. The molecule has 3 heteroatoms. The Morgan fingerprint density at radius 3 is 1.60 bits per heavy atom. The summed E-state index contributed by atoms with van der Waals surface area (Å²) in [4.78, 5) is 0. The largest absolute Gasteiger partial charge is 0.312 e. The van der Waals surface area contributed by atoms with E-state index in [0.29, 0.717) is 0 Å². The van der Waals surface area contributed by atoms with Crippen LogP contribution in [0.5, 0.6) is 0 Å². The minimum Gasteiger partial charge on any atom is -0.312 e. The Kier molecular flexibility index (Phi) is 2.47. The molecule has 0 aliphatic heterocycles. The van der Waals surface area contributed by atoms with Crippen molar-refractivity contribution < 1.29 is 0 Å². The molecule has 0 aromatic carbocycles. The molecule has 0 unspecified atom stereocenters. The van der Waals surface area contributed by atoms with E-state index < -0.39 is 0 Å². The molecule has 28 valence electrons. The minimum atomic E-state index is 1.12. The minimum absolute atomic E-state index is 1.12. The van der Waals surface area contributed by atoms with Crippen LogP contribution in [-0.2, 0) is 0 Å². The molecule has 0 spiro atoms. The third-order valence-electron chi connectivity index (χ3n) is 0.172. The van der Waals surface area contributed by atoms with E-state index in [4.69, 9.17) is 11.5 Å². The van der Waals surface area contributed by atoms with E-state index in [1.54, 1.807) is 0 Å². The average Bonchev–Trinajstić information content (AvgIpc) is 1.41. The first-order chi connectivity index (χ1) is 2.41. The van der Waals surface area contributed by atoms with Crippen molar-refractivity contribution in [2.75, 3.05) is 0 Å². The Labute approximate surface area is 30.0 Å². The van der Waals surface area contributed by atoms with Crippen LogP contribution >= 0.6 is 0 Å². The standard InChI is InChI=1S/C2H5N3/c3-1-5-2-4/h1-2H,(H3,3,4,5)/p+1. The van der Waals surface area contributed by atoms with Gasteiger partial charge in [0.2, 0.25) is 0 Å². The highest BCUT2D eigenvalue weighted by Gasteiger charge is 1.44.